The molecule has 1 N–H and O–H groups in total. The number of pyridine rings is 1. The summed E-state index contributed by atoms with van der Waals surface area (Å²) in [6.07, 6.45) is 5.08. The van der Waals surface area contributed by atoms with Gasteiger partial charge in [0, 0.05) is 45.0 Å². The third kappa shape index (κ3) is 3.90. The van der Waals surface area contributed by atoms with Crippen LogP contribution in [0.15, 0.2) is 48.7 Å². The SMILES string of the molecule is CNc1cc(C(=O)N2CCC3(CC2)CC(c2ccccc2)CN(C)C3)ccn1. The Morgan fingerprint density at radius 3 is 2.64 bits per heavy atom. The summed E-state index contributed by atoms with van der Waals surface area (Å²) in [5.74, 6) is 1.44. The molecular weight excluding hydrogens is 348 g/mol. The number of anilines is 1. The summed E-state index contributed by atoms with van der Waals surface area (Å²) in [4.78, 5) is 21.7. The maximum atomic E-state index is 12.9. The van der Waals surface area contributed by atoms with Gasteiger partial charge in [0.25, 0.3) is 5.91 Å². The average Bonchev–Trinajstić information content (AvgIpc) is 2.74. The van der Waals surface area contributed by atoms with Gasteiger partial charge in [-0.15, -0.1) is 0 Å². The van der Waals surface area contributed by atoms with Crippen LogP contribution in [0.1, 0.15) is 41.1 Å². The van der Waals surface area contributed by atoms with Gasteiger partial charge in [-0.25, -0.2) is 4.98 Å². The van der Waals surface area contributed by atoms with Crippen LogP contribution in [0.25, 0.3) is 0 Å². The van der Waals surface area contributed by atoms with E-state index in [1.54, 1.807) is 6.20 Å². The molecule has 2 aromatic rings. The van der Waals surface area contributed by atoms with Gasteiger partial charge in [0.15, 0.2) is 0 Å². The molecule has 1 aromatic heterocycles. The normalized spacial score (nSPS) is 22.2. The zero-order chi connectivity index (χ0) is 19.6. The van der Waals surface area contributed by atoms with Crippen molar-refractivity contribution in [2.24, 2.45) is 5.41 Å². The van der Waals surface area contributed by atoms with Crippen LogP contribution in [0.3, 0.4) is 0 Å². The zero-order valence-electron chi connectivity index (χ0n) is 16.9. The average molecular weight is 379 g/mol. The van der Waals surface area contributed by atoms with Gasteiger partial charge < -0.3 is 15.1 Å². The maximum absolute atomic E-state index is 12.9. The van der Waals surface area contributed by atoms with Gasteiger partial charge in [-0.3, -0.25) is 4.79 Å². The number of likely N-dealkylation sites (tertiary alicyclic amines) is 2. The van der Waals surface area contributed by atoms with Crippen LogP contribution in [-0.4, -0.2) is 61.0 Å². The van der Waals surface area contributed by atoms with Crippen molar-refractivity contribution in [2.75, 3.05) is 45.6 Å². The van der Waals surface area contributed by atoms with Gasteiger partial charge in [-0.1, -0.05) is 30.3 Å². The van der Waals surface area contributed by atoms with E-state index < -0.39 is 0 Å². The first-order valence-electron chi connectivity index (χ1n) is 10.3. The highest BCUT2D eigenvalue weighted by molar-refractivity contribution is 5.94. The fraction of sp³-hybridized carbons (Fsp3) is 0.478. The lowest BCUT2D eigenvalue weighted by Crippen LogP contribution is -2.51. The number of hydrogen-bond acceptors (Lipinski definition) is 4. The van der Waals surface area contributed by atoms with Crippen molar-refractivity contribution in [3.05, 3.63) is 59.8 Å². The van der Waals surface area contributed by atoms with Crippen LogP contribution < -0.4 is 5.32 Å². The molecule has 2 fully saturated rings. The molecule has 0 saturated carbocycles. The highest BCUT2D eigenvalue weighted by Crippen LogP contribution is 2.44. The van der Waals surface area contributed by atoms with E-state index in [2.05, 4.69) is 52.6 Å². The molecule has 5 nitrogen and oxygen atoms in total. The number of likely N-dealkylation sites (N-methyl/N-ethyl adjacent to an activating group) is 1. The lowest BCUT2D eigenvalue weighted by atomic mass is 9.68. The molecule has 0 bridgehead atoms. The maximum Gasteiger partial charge on any atom is 0.254 e. The lowest BCUT2D eigenvalue weighted by Gasteiger charge is -2.49. The molecule has 1 spiro atoms. The molecule has 1 unspecified atom stereocenters. The number of aromatic nitrogens is 1. The Morgan fingerprint density at radius 1 is 1.18 bits per heavy atom. The Labute approximate surface area is 167 Å². The molecule has 2 aliphatic heterocycles. The first kappa shape index (κ1) is 18.9. The molecule has 2 saturated heterocycles. The van der Waals surface area contributed by atoms with E-state index in [0.717, 1.165) is 50.4 Å². The molecule has 1 atom stereocenters. The van der Waals surface area contributed by atoms with E-state index in [1.807, 2.05) is 24.1 Å². The number of carbonyl (C=O) groups excluding carboxylic acids is 1. The molecule has 28 heavy (non-hydrogen) atoms. The number of nitrogens with zero attached hydrogens (tertiary/aromatic N) is 3. The quantitative estimate of drug-likeness (QED) is 0.889. The van der Waals surface area contributed by atoms with Crippen molar-refractivity contribution in [1.29, 1.82) is 0 Å². The zero-order valence-corrected chi connectivity index (χ0v) is 16.9. The summed E-state index contributed by atoms with van der Waals surface area (Å²) in [7, 11) is 4.06. The Balaban J connectivity index is 1.44. The van der Waals surface area contributed by atoms with Crippen LogP contribution in [0.2, 0.25) is 0 Å². The van der Waals surface area contributed by atoms with Gasteiger partial charge in [-0.2, -0.15) is 0 Å². The first-order valence-corrected chi connectivity index (χ1v) is 10.3. The second-order valence-corrected chi connectivity index (χ2v) is 8.48. The van der Waals surface area contributed by atoms with E-state index in [-0.39, 0.29) is 5.91 Å². The predicted molar refractivity (Wildman–Crippen MR) is 113 cm³/mol. The number of carbonyl (C=O) groups is 1. The molecule has 0 aliphatic carbocycles. The van der Waals surface area contributed by atoms with Crippen molar-refractivity contribution in [1.82, 2.24) is 14.8 Å². The van der Waals surface area contributed by atoms with E-state index >= 15 is 0 Å². The van der Waals surface area contributed by atoms with Gasteiger partial charge in [0.1, 0.15) is 5.82 Å². The summed E-state index contributed by atoms with van der Waals surface area (Å²) in [6.45, 7) is 3.94. The van der Waals surface area contributed by atoms with Gasteiger partial charge >= 0.3 is 0 Å². The Kier molecular flexibility index (Phi) is 5.36. The van der Waals surface area contributed by atoms with Crippen LogP contribution in [0.4, 0.5) is 5.82 Å². The number of rotatable bonds is 3. The van der Waals surface area contributed by atoms with E-state index in [4.69, 9.17) is 0 Å². The predicted octanol–water partition coefficient (Wildman–Crippen LogP) is 3.47. The van der Waals surface area contributed by atoms with Crippen LogP contribution in [0, 0.1) is 5.41 Å². The summed E-state index contributed by atoms with van der Waals surface area (Å²) < 4.78 is 0. The molecule has 1 aromatic carbocycles. The minimum atomic E-state index is 0.123. The number of benzene rings is 1. The molecule has 4 rings (SSSR count). The third-order valence-electron chi connectivity index (χ3n) is 6.46. The van der Waals surface area contributed by atoms with Crippen molar-refractivity contribution >= 4 is 11.7 Å². The fourth-order valence-corrected chi connectivity index (χ4v) is 5.04. The summed E-state index contributed by atoms with van der Waals surface area (Å²) in [6, 6.07) is 14.6. The van der Waals surface area contributed by atoms with Gasteiger partial charge in [0.2, 0.25) is 0 Å². The van der Waals surface area contributed by atoms with E-state index in [9.17, 15) is 4.79 Å². The fourth-order valence-electron chi connectivity index (χ4n) is 5.04. The largest absolute Gasteiger partial charge is 0.373 e. The van der Waals surface area contributed by atoms with Crippen LogP contribution in [0.5, 0.6) is 0 Å². The third-order valence-corrected chi connectivity index (χ3v) is 6.46. The minimum Gasteiger partial charge on any atom is -0.373 e. The van der Waals surface area contributed by atoms with Crippen molar-refractivity contribution in [2.45, 2.75) is 25.2 Å². The van der Waals surface area contributed by atoms with Crippen LogP contribution >= 0.6 is 0 Å². The standard InChI is InChI=1S/C23H30N4O/c1-24-21-14-19(8-11-25-21)22(28)27-12-9-23(10-13-27)15-20(16-26(2)17-23)18-6-4-3-5-7-18/h3-8,11,14,20H,9-10,12-13,15-17H2,1-2H3,(H,24,25). The Morgan fingerprint density at radius 2 is 1.93 bits per heavy atom. The number of hydrogen-bond donors (Lipinski definition) is 1. The van der Waals surface area contributed by atoms with E-state index in [1.165, 1.54) is 12.0 Å². The first-order chi connectivity index (χ1) is 13.6. The second kappa shape index (κ2) is 7.92. The van der Waals surface area contributed by atoms with Gasteiger partial charge in [-0.05, 0) is 55.3 Å². The van der Waals surface area contributed by atoms with Crippen molar-refractivity contribution in [3.8, 4) is 0 Å². The smallest absolute Gasteiger partial charge is 0.254 e. The number of piperidine rings is 2. The molecule has 1 amide bonds. The minimum absolute atomic E-state index is 0.123. The summed E-state index contributed by atoms with van der Waals surface area (Å²) >= 11 is 0. The monoisotopic (exact) mass is 378 g/mol. The van der Waals surface area contributed by atoms with Crippen LogP contribution in [-0.2, 0) is 0 Å². The van der Waals surface area contributed by atoms with E-state index in [0.29, 0.717) is 11.3 Å². The van der Waals surface area contributed by atoms with Crippen molar-refractivity contribution < 1.29 is 4.79 Å². The molecule has 148 valence electrons. The van der Waals surface area contributed by atoms with Crippen molar-refractivity contribution in [3.63, 3.8) is 0 Å². The highest BCUT2D eigenvalue weighted by atomic mass is 16.2. The second-order valence-electron chi connectivity index (χ2n) is 8.48. The summed E-state index contributed by atoms with van der Waals surface area (Å²) in [5, 5.41) is 3.01. The molecule has 3 heterocycles. The number of amides is 1. The molecule has 0 radical (unpaired) electrons. The Hall–Kier alpha value is -2.40. The van der Waals surface area contributed by atoms with Gasteiger partial charge in [0.05, 0.1) is 0 Å². The summed E-state index contributed by atoms with van der Waals surface area (Å²) in [5.41, 5.74) is 2.49. The molecular formula is C23H30N4O. The topological polar surface area (TPSA) is 48.5 Å². The highest BCUT2D eigenvalue weighted by Gasteiger charge is 2.42. The Bertz CT molecular complexity index is 814. The molecule has 5 heteroatoms. The number of nitrogens with one attached hydrogen (secondary N) is 1. The molecule has 2 aliphatic rings. The lowest BCUT2D eigenvalue weighted by molar-refractivity contribution is 0.0224.